The Bertz CT molecular complexity index is 235. The largest absolute Gasteiger partial charge is 0.299 e. The van der Waals surface area contributed by atoms with Gasteiger partial charge in [0.05, 0.1) is 5.92 Å². The van der Waals surface area contributed by atoms with E-state index in [1.54, 1.807) is 0 Å². The molecule has 1 aliphatic carbocycles. The summed E-state index contributed by atoms with van der Waals surface area (Å²) in [6.45, 7) is 8.34. The van der Waals surface area contributed by atoms with Crippen LogP contribution in [0.3, 0.4) is 0 Å². The van der Waals surface area contributed by atoms with Gasteiger partial charge in [-0.1, -0.05) is 27.7 Å². The van der Waals surface area contributed by atoms with Crippen molar-refractivity contribution in [3.63, 3.8) is 0 Å². The zero-order valence-corrected chi connectivity index (χ0v) is 9.59. The molecule has 0 aromatic carbocycles. The lowest BCUT2D eigenvalue weighted by Gasteiger charge is -2.31. The van der Waals surface area contributed by atoms with Gasteiger partial charge in [0.25, 0.3) is 0 Å². The van der Waals surface area contributed by atoms with Crippen LogP contribution in [0.25, 0.3) is 0 Å². The van der Waals surface area contributed by atoms with Crippen LogP contribution in [-0.2, 0) is 9.59 Å². The predicted octanol–water partition coefficient (Wildman–Crippen LogP) is 2.61. The van der Waals surface area contributed by atoms with E-state index >= 15 is 0 Å². The number of rotatable bonds is 3. The van der Waals surface area contributed by atoms with Crippen molar-refractivity contribution >= 4 is 11.6 Å². The van der Waals surface area contributed by atoms with Gasteiger partial charge < -0.3 is 0 Å². The second kappa shape index (κ2) is 3.84. The maximum Gasteiger partial charge on any atom is 0.144 e. The van der Waals surface area contributed by atoms with Crippen molar-refractivity contribution in [1.82, 2.24) is 0 Å². The quantitative estimate of drug-likeness (QED) is 0.650. The second-order valence-corrected chi connectivity index (χ2v) is 5.45. The molecule has 1 rings (SSSR count). The topological polar surface area (TPSA) is 34.1 Å². The fraction of sp³-hybridized carbons (Fsp3) is 0.833. The molecule has 1 fully saturated rings. The minimum atomic E-state index is -0.329. The summed E-state index contributed by atoms with van der Waals surface area (Å²) in [6, 6.07) is 0. The first-order valence-corrected chi connectivity index (χ1v) is 5.40. The molecular weight excluding hydrogens is 176 g/mol. The van der Waals surface area contributed by atoms with Crippen LogP contribution in [0.2, 0.25) is 0 Å². The fourth-order valence-corrected chi connectivity index (χ4v) is 2.76. The van der Waals surface area contributed by atoms with Crippen LogP contribution < -0.4 is 0 Å². The third-order valence-electron chi connectivity index (χ3n) is 2.98. The standard InChI is InChI=1S/C12H20O2/c1-8(2)7-12(3,4)11-9(13)5-6-10(11)14/h8,11H,5-7H2,1-4H3. The van der Waals surface area contributed by atoms with Gasteiger partial charge in [-0.25, -0.2) is 0 Å². The fourth-order valence-electron chi connectivity index (χ4n) is 2.76. The average Bonchev–Trinajstić information content (AvgIpc) is 2.27. The van der Waals surface area contributed by atoms with Gasteiger partial charge in [0.1, 0.15) is 11.6 Å². The van der Waals surface area contributed by atoms with Crippen molar-refractivity contribution in [2.24, 2.45) is 17.3 Å². The van der Waals surface area contributed by atoms with Gasteiger partial charge in [0.15, 0.2) is 0 Å². The molecule has 0 unspecified atom stereocenters. The smallest absolute Gasteiger partial charge is 0.144 e. The van der Waals surface area contributed by atoms with Gasteiger partial charge in [-0.2, -0.15) is 0 Å². The third-order valence-corrected chi connectivity index (χ3v) is 2.98. The highest BCUT2D eigenvalue weighted by atomic mass is 16.2. The van der Waals surface area contributed by atoms with E-state index in [1.165, 1.54) is 0 Å². The van der Waals surface area contributed by atoms with Crippen LogP contribution in [0.15, 0.2) is 0 Å². The molecule has 14 heavy (non-hydrogen) atoms. The third kappa shape index (κ3) is 2.23. The van der Waals surface area contributed by atoms with E-state index in [4.69, 9.17) is 0 Å². The molecule has 2 heteroatoms. The van der Waals surface area contributed by atoms with Gasteiger partial charge in [-0.15, -0.1) is 0 Å². The van der Waals surface area contributed by atoms with Crippen molar-refractivity contribution in [2.45, 2.75) is 47.0 Å². The molecular formula is C12H20O2. The van der Waals surface area contributed by atoms with Crippen LogP contribution in [0.1, 0.15) is 47.0 Å². The molecule has 80 valence electrons. The van der Waals surface area contributed by atoms with E-state index < -0.39 is 0 Å². The Morgan fingerprint density at radius 3 is 2.00 bits per heavy atom. The minimum absolute atomic E-state index is 0.153. The zero-order chi connectivity index (χ0) is 10.9. The van der Waals surface area contributed by atoms with E-state index in [-0.39, 0.29) is 22.9 Å². The first kappa shape index (κ1) is 11.4. The van der Waals surface area contributed by atoms with E-state index in [1.807, 2.05) is 13.8 Å². The summed E-state index contributed by atoms with van der Waals surface area (Å²) < 4.78 is 0. The van der Waals surface area contributed by atoms with Gasteiger partial charge >= 0.3 is 0 Å². The summed E-state index contributed by atoms with van der Waals surface area (Å²) in [5, 5.41) is 0. The van der Waals surface area contributed by atoms with Crippen molar-refractivity contribution in [3.05, 3.63) is 0 Å². The second-order valence-electron chi connectivity index (χ2n) is 5.45. The van der Waals surface area contributed by atoms with Crippen LogP contribution >= 0.6 is 0 Å². The van der Waals surface area contributed by atoms with Gasteiger partial charge in [0.2, 0.25) is 0 Å². The maximum atomic E-state index is 11.6. The monoisotopic (exact) mass is 196 g/mol. The molecule has 1 saturated carbocycles. The Hall–Kier alpha value is -0.660. The van der Waals surface area contributed by atoms with Crippen molar-refractivity contribution in [3.8, 4) is 0 Å². The highest BCUT2D eigenvalue weighted by Crippen LogP contribution is 2.39. The number of hydrogen-bond acceptors (Lipinski definition) is 2. The van der Waals surface area contributed by atoms with E-state index in [0.29, 0.717) is 18.8 Å². The van der Waals surface area contributed by atoms with E-state index in [0.717, 1.165) is 6.42 Å². The Labute approximate surface area is 86.1 Å². The molecule has 0 aromatic heterocycles. The summed E-state index contributed by atoms with van der Waals surface area (Å²) in [7, 11) is 0. The number of carbonyl (C=O) groups is 2. The Morgan fingerprint density at radius 2 is 1.64 bits per heavy atom. The maximum absolute atomic E-state index is 11.6. The lowest BCUT2D eigenvalue weighted by Crippen LogP contribution is -2.33. The summed E-state index contributed by atoms with van der Waals surface area (Å²) in [4.78, 5) is 23.2. The molecule has 0 aliphatic heterocycles. The Kier molecular flexibility index (Phi) is 3.13. The lowest BCUT2D eigenvalue weighted by atomic mass is 9.72. The summed E-state index contributed by atoms with van der Waals surface area (Å²) in [6.07, 6.45) is 1.87. The molecule has 0 N–H and O–H groups in total. The molecule has 0 saturated heterocycles. The lowest BCUT2D eigenvalue weighted by molar-refractivity contribution is -0.132. The van der Waals surface area contributed by atoms with Crippen LogP contribution in [-0.4, -0.2) is 11.6 Å². The average molecular weight is 196 g/mol. The Balaban J connectivity index is 2.79. The summed E-state index contributed by atoms with van der Waals surface area (Å²) in [5.74, 6) is 0.511. The molecule has 0 atom stereocenters. The summed E-state index contributed by atoms with van der Waals surface area (Å²) in [5.41, 5.74) is -0.154. The molecule has 0 bridgehead atoms. The van der Waals surface area contributed by atoms with Crippen LogP contribution in [0.5, 0.6) is 0 Å². The highest BCUT2D eigenvalue weighted by molar-refractivity contribution is 6.09. The number of Topliss-reactive ketones (excluding diaryl/α,β-unsaturated/α-hetero) is 2. The first-order valence-electron chi connectivity index (χ1n) is 5.40. The summed E-state index contributed by atoms with van der Waals surface area (Å²) >= 11 is 0. The van der Waals surface area contributed by atoms with Crippen molar-refractivity contribution < 1.29 is 9.59 Å². The normalized spacial score (nSPS) is 19.8. The predicted molar refractivity (Wildman–Crippen MR) is 56.0 cm³/mol. The zero-order valence-electron chi connectivity index (χ0n) is 9.59. The van der Waals surface area contributed by atoms with Gasteiger partial charge in [-0.3, -0.25) is 9.59 Å². The molecule has 0 heterocycles. The number of hydrogen-bond donors (Lipinski definition) is 0. The van der Waals surface area contributed by atoms with Crippen molar-refractivity contribution in [2.75, 3.05) is 0 Å². The van der Waals surface area contributed by atoms with Crippen LogP contribution in [0.4, 0.5) is 0 Å². The molecule has 0 radical (unpaired) electrons. The first-order chi connectivity index (χ1) is 6.34. The van der Waals surface area contributed by atoms with Gasteiger partial charge in [0, 0.05) is 12.8 Å². The van der Waals surface area contributed by atoms with E-state index in [2.05, 4.69) is 13.8 Å². The minimum Gasteiger partial charge on any atom is -0.299 e. The molecule has 1 aliphatic rings. The molecule has 0 aromatic rings. The number of ketones is 2. The molecule has 2 nitrogen and oxygen atoms in total. The van der Waals surface area contributed by atoms with Crippen LogP contribution in [0, 0.1) is 17.3 Å². The SMILES string of the molecule is CC(C)CC(C)(C)C1C(=O)CCC1=O. The van der Waals surface area contributed by atoms with Crippen molar-refractivity contribution in [1.29, 1.82) is 0 Å². The highest BCUT2D eigenvalue weighted by Gasteiger charge is 2.43. The number of carbonyl (C=O) groups excluding carboxylic acids is 2. The van der Waals surface area contributed by atoms with E-state index in [9.17, 15) is 9.59 Å². The molecule has 0 amide bonds. The van der Waals surface area contributed by atoms with Gasteiger partial charge in [-0.05, 0) is 17.8 Å². The Morgan fingerprint density at radius 1 is 1.21 bits per heavy atom. The molecule has 0 spiro atoms.